The molecule has 1 aromatic carbocycles. The minimum Gasteiger partial charge on any atom is -0.496 e. The number of para-hydroxylation sites is 1. The molecule has 1 aromatic heterocycles. The van der Waals surface area contributed by atoms with E-state index in [0.29, 0.717) is 0 Å². The second-order valence-corrected chi connectivity index (χ2v) is 5.76. The molecule has 96 valence electrons. The van der Waals surface area contributed by atoms with Crippen molar-refractivity contribution in [3.63, 3.8) is 0 Å². The van der Waals surface area contributed by atoms with Crippen molar-refractivity contribution in [3.8, 4) is 5.75 Å². The Kier molecular flexibility index (Phi) is 4.80. The van der Waals surface area contributed by atoms with Crippen LogP contribution in [-0.4, -0.2) is 13.7 Å². The van der Waals surface area contributed by atoms with Crippen molar-refractivity contribution < 1.29 is 4.74 Å². The lowest BCUT2D eigenvalue weighted by atomic mass is 10.0. The molecule has 1 heterocycles. The van der Waals surface area contributed by atoms with E-state index >= 15 is 0 Å². The van der Waals surface area contributed by atoms with Gasteiger partial charge < -0.3 is 10.1 Å². The summed E-state index contributed by atoms with van der Waals surface area (Å²) in [6, 6.07) is 10.5. The molecule has 0 saturated heterocycles. The SMILES string of the molecule is CCNC(c1cc(Br)cs1)c1ccccc1OC. The zero-order valence-corrected chi connectivity index (χ0v) is 12.8. The zero-order valence-electron chi connectivity index (χ0n) is 10.4. The van der Waals surface area contributed by atoms with Crippen molar-refractivity contribution in [1.29, 1.82) is 0 Å². The zero-order chi connectivity index (χ0) is 13.0. The Hall–Kier alpha value is -0.840. The largest absolute Gasteiger partial charge is 0.496 e. The molecule has 0 aliphatic carbocycles. The van der Waals surface area contributed by atoms with Crippen molar-refractivity contribution in [2.45, 2.75) is 13.0 Å². The van der Waals surface area contributed by atoms with Gasteiger partial charge in [0, 0.05) is 20.3 Å². The van der Waals surface area contributed by atoms with Crippen LogP contribution < -0.4 is 10.1 Å². The third kappa shape index (κ3) is 2.94. The molecule has 1 N–H and O–H groups in total. The van der Waals surface area contributed by atoms with Crippen molar-refractivity contribution in [2.24, 2.45) is 0 Å². The number of nitrogens with one attached hydrogen (secondary N) is 1. The number of hydrogen-bond acceptors (Lipinski definition) is 3. The highest BCUT2D eigenvalue weighted by Crippen LogP contribution is 2.34. The third-order valence-corrected chi connectivity index (χ3v) is 4.49. The van der Waals surface area contributed by atoms with Gasteiger partial charge in [-0.1, -0.05) is 25.1 Å². The predicted molar refractivity (Wildman–Crippen MR) is 80.5 cm³/mol. The average Bonchev–Trinajstić information content (AvgIpc) is 2.82. The average molecular weight is 326 g/mol. The summed E-state index contributed by atoms with van der Waals surface area (Å²) < 4.78 is 6.58. The summed E-state index contributed by atoms with van der Waals surface area (Å²) >= 11 is 5.26. The Morgan fingerprint density at radius 2 is 2.17 bits per heavy atom. The maximum absolute atomic E-state index is 5.45. The molecule has 2 nitrogen and oxygen atoms in total. The number of hydrogen-bond donors (Lipinski definition) is 1. The topological polar surface area (TPSA) is 21.3 Å². The van der Waals surface area contributed by atoms with E-state index in [1.165, 1.54) is 10.4 Å². The lowest BCUT2D eigenvalue weighted by Gasteiger charge is -2.19. The fourth-order valence-electron chi connectivity index (χ4n) is 1.95. The minimum absolute atomic E-state index is 0.183. The Morgan fingerprint density at radius 1 is 1.39 bits per heavy atom. The highest BCUT2D eigenvalue weighted by molar-refractivity contribution is 9.10. The predicted octanol–water partition coefficient (Wildman–Crippen LogP) is 4.22. The molecule has 0 fully saturated rings. The first kappa shape index (κ1) is 13.6. The first-order chi connectivity index (χ1) is 8.76. The van der Waals surface area contributed by atoms with Crippen LogP contribution in [0.4, 0.5) is 0 Å². The van der Waals surface area contributed by atoms with E-state index in [1.807, 2.05) is 18.2 Å². The molecule has 0 saturated carbocycles. The summed E-state index contributed by atoms with van der Waals surface area (Å²) in [7, 11) is 1.71. The fourth-order valence-corrected chi connectivity index (χ4v) is 3.49. The van der Waals surface area contributed by atoms with Gasteiger partial charge in [0.15, 0.2) is 0 Å². The van der Waals surface area contributed by atoms with Gasteiger partial charge in [-0.15, -0.1) is 11.3 Å². The van der Waals surface area contributed by atoms with E-state index in [1.54, 1.807) is 18.4 Å². The van der Waals surface area contributed by atoms with Crippen LogP contribution in [0.1, 0.15) is 23.4 Å². The monoisotopic (exact) mass is 325 g/mol. The first-order valence-corrected chi connectivity index (χ1v) is 7.53. The molecule has 4 heteroatoms. The maximum Gasteiger partial charge on any atom is 0.124 e. The van der Waals surface area contributed by atoms with Crippen LogP contribution in [-0.2, 0) is 0 Å². The number of rotatable bonds is 5. The third-order valence-electron chi connectivity index (χ3n) is 2.73. The summed E-state index contributed by atoms with van der Waals surface area (Å²) in [6.45, 7) is 3.03. The molecule has 2 rings (SSSR count). The van der Waals surface area contributed by atoms with Gasteiger partial charge in [0.25, 0.3) is 0 Å². The van der Waals surface area contributed by atoms with Gasteiger partial charge in [-0.3, -0.25) is 0 Å². The quantitative estimate of drug-likeness (QED) is 0.888. The van der Waals surface area contributed by atoms with Crippen molar-refractivity contribution >= 4 is 27.3 Å². The fraction of sp³-hybridized carbons (Fsp3) is 0.286. The second-order valence-electron chi connectivity index (χ2n) is 3.90. The van der Waals surface area contributed by atoms with Gasteiger partial charge in [0.1, 0.15) is 5.75 Å². The molecule has 1 atom stereocenters. The molecule has 0 bridgehead atoms. The lowest BCUT2D eigenvalue weighted by molar-refractivity contribution is 0.404. The molecule has 0 aliphatic rings. The molecular formula is C14H16BrNOS. The molecular weight excluding hydrogens is 310 g/mol. The minimum atomic E-state index is 0.183. The van der Waals surface area contributed by atoms with Crippen molar-refractivity contribution in [1.82, 2.24) is 5.32 Å². The van der Waals surface area contributed by atoms with E-state index in [4.69, 9.17) is 4.74 Å². The summed E-state index contributed by atoms with van der Waals surface area (Å²) in [6.07, 6.45) is 0. The van der Waals surface area contributed by atoms with E-state index in [9.17, 15) is 0 Å². The van der Waals surface area contributed by atoms with Crippen molar-refractivity contribution in [3.05, 3.63) is 50.6 Å². The van der Waals surface area contributed by atoms with Gasteiger partial charge >= 0.3 is 0 Å². The van der Waals surface area contributed by atoms with Crippen LogP contribution >= 0.6 is 27.3 Å². The summed E-state index contributed by atoms with van der Waals surface area (Å²) in [5.41, 5.74) is 1.18. The van der Waals surface area contributed by atoms with Gasteiger partial charge in [0.2, 0.25) is 0 Å². The summed E-state index contributed by atoms with van der Waals surface area (Å²) in [5, 5.41) is 5.62. The van der Waals surface area contributed by atoms with E-state index in [0.717, 1.165) is 16.8 Å². The maximum atomic E-state index is 5.45. The molecule has 2 aromatic rings. The number of benzene rings is 1. The molecule has 0 amide bonds. The smallest absolute Gasteiger partial charge is 0.124 e. The van der Waals surface area contributed by atoms with Gasteiger partial charge in [-0.05, 0) is 34.6 Å². The van der Waals surface area contributed by atoms with Crippen LogP contribution in [0.15, 0.2) is 40.2 Å². The number of ether oxygens (including phenoxy) is 1. The summed E-state index contributed by atoms with van der Waals surface area (Å²) in [4.78, 5) is 1.29. The molecule has 0 radical (unpaired) electrons. The van der Waals surface area contributed by atoms with Crippen LogP contribution in [0.25, 0.3) is 0 Å². The van der Waals surface area contributed by atoms with Gasteiger partial charge in [0.05, 0.1) is 13.2 Å². The van der Waals surface area contributed by atoms with Crippen LogP contribution in [0.2, 0.25) is 0 Å². The second kappa shape index (κ2) is 6.36. The first-order valence-electron chi connectivity index (χ1n) is 5.86. The molecule has 0 spiro atoms. The Balaban J connectivity index is 2.41. The van der Waals surface area contributed by atoms with E-state index in [-0.39, 0.29) is 6.04 Å². The molecule has 0 aliphatic heterocycles. The number of methoxy groups -OCH3 is 1. The van der Waals surface area contributed by atoms with Crippen molar-refractivity contribution in [2.75, 3.05) is 13.7 Å². The molecule has 18 heavy (non-hydrogen) atoms. The standard InChI is InChI=1S/C14H16BrNOS/c1-3-16-14(13-8-10(15)9-18-13)11-6-4-5-7-12(11)17-2/h4-9,14,16H,3H2,1-2H3. The van der Waals surface area contributed by atoms with Gasteiger partial charge in [-0.2, -0.15) is 0 Å². The van der Waals surface area contributed by atoms with E-state index in [2.05, 4.69) is 45.7 Å². The highest BCUT2D eigenvalue weighted by Gasteiger charge is 2.18. The van der Waals surface area contributed by atoms with Crippen LogP contribution in [0, 0.1) is 0 Å². The van der Waals surface area contributed by atoms with E-state index < -0.39 is 0 Å². The lowest BCUT2D eigenvalue weighted by Crippen LogP contribution is -2.21. The van der Waals surface area contributed by atoms with Gasteiger partial charge in [-0.25, -0.2) is 0 Å². The highest BCUT2D eigenvalue weighted by atomic mass is 79.9. The normalized spacial score (nSPS) is 12.4. The Morgan fingerprint density at radius 3 is 2.78 bits per heavy atom. The number of thiophene rings is 1. The van der Waals surface area contributed by atoms with Crippen LogP contribution in [0.5, 0.6) is 5.75 Å². The Bertz CT molecular complexity index is 512. The molecule has 1 unspecified atom stereocenters. The number of halogens is 1. The summed E-state index contributed by atoms with van der Waals surface area (Å²) in [5.74, 6) is 0.924. The Labute approximate surface area is 120 Å². The van der Waals surface area contributed by atoms with Crippen LogP contribution in [0.3, 0.4) is 0 Å².